The van der Waals surface area contributed by atoms with Crippen LogP contribution in [0.3, 0.4) is 0 Å². The van der Waals surface area contributed by atoms with E-state index in [1.165, 1.54) is 12.1 Å². The number of aryl methyl sites for hydroxylation is 1. The molecule has 0 bridgehead atoms. The molecule has 1 aromatic heterocycles. The summed E-state index contributed by atoms with van der Waals surface area (Å²) in [7, 11) is 0. The first-order valence-corrected chi connectivity index (χ1v) is 6.76. The minimum atomic E-state index is -0.507. The van der Waals surface area contributed by atoms with Gasteiger partial charge >= 0.3 is 5.97 Å². The van der Waals surface area contributed by atoms with E-state index in [9.17, 15) is 9.18 Å². The third-order valence-electron chi connectivity index (χ3n) is 2.70. The van der Waals surface area contributed by atoms with Gasteiger partial charge in [-0.25, -0.2) is 9.07 Å². The number of hydrogen-bond acceptors (Lipinski definition) is 3. The zero-order valence-electron chi connectivity index (χ0n) is 12.7. The van der Waals surface area contributed by atoms with Crippen LogP contribution in [-0.2, 0) is 16.0 Å². The quantitative estimate of drug-likeness (QED) is 0.815. The number of nitrogens with zero attached hydrogens (tertiary/aromatic N) is 2. The van der Waals surface area contributed by atoms with Gasteiger partial charge in [-0.05, 0) is 51.5 Å². The second kappa shape index (κ2) is 5.68. The fraction of sp³-hybridized carbons (Fsp3) is 0.375. The maximum Gasteiger partial charge on any atom is 0.310 e. The zero-order chi connectivity index (χ0) is 15.6. The molecule has 2 aromatic rings. The predicted molar refractivity (Wildman–Crippen MR) is 77.8 cm³/mol. The van der Waals surface area contributed by atoms with Crippen molar-refractivity contribution in [3.05, 3.63) is 47.5 Å². The Kier molecular flexibility index (Phi) is 4.11. The average Bonchev–Trinajstić information content (AvgIpc) is 2.73. The third kappa shape index (κ3) is 4.41. The molecule has 0 unspecified atom stereocenters. The van der Waals surface area contributed by atoms with Crippen LogP contribution in [-0.4, -0.2) is 21.4 Å². The van der Waals surface area contributed by atoms with Gasteiger partial charge in [-0.3, -0.25) is 4.79 Å². The van der Waals surface area contributed by atoms with Gasteiger partial charge in [0, 0.05) is 11.8 Å². The van der Waals surface area contributed by atoms with Gasteiger partial charge in [0.25, 0.3) is 0 Å². The van der Waals surface area contributed by atoms with Gasteiger partial charge in [-0.15, -0.1) is 0 Å². The van der Waals surface area contributed by atoms with E-state index < -0.39 is 5.60 Å². The molecular weight excluding hydrogens is 271 g/mol. The van der Waals surface area contributed by atoms with E-state index in [1.807, 2.05) is 33.8 Å². The van der Waals surface area contributed by atoms with Crippen LogP contribution in [0.15, 0.2) is 30.6 Å². The summed E-state index contributed by atoms with van der Waals surface area (Å²) in [4.78, 5) is 11.8. The van der Waals surface area contributed by atoms with Gasteiger partial charge in [0.15, 0.2) is 0 Å². The smallest absolute Gasteiger partial charge is 0.310 e. The number of hydrogen-bond donors (Lipinski definition) is 0. The Hall–Kier alpha value is -2.17. The molecule has 0 radical (unpaired) electrons. The summed E-state index contributed by atoms with van der Waals surface area (Å²) in [5, 5.41) is 4.16. The van der Waals surface area contributed by atoms with Crippen molar-refractivity contribution in [3.63, 3.8) is 0 Å². The third-order valence-corrected chi connectivity index (χ3v) is 2.70. The molecule has 0 fully saturated rings. The Morgan fingerprint density at radius 1 is 1.33 bits per heavy atom. The molecule has 1 aromatic carbocycles. The summed E-state index contributed by atoms with van der Waals surface area (Å²) in [5.41, 5.74) is 1.66. The number of aromatic nitrogens is 2. The summed E-state index contributed by atoms with van der Waals surface area (Å²) in [5.74, 6) is -0.619. The van der Waals surface area contributed by atoms with E-state index >= 15 is 0 Å². The van der Waals surface area contributed by atoms with Crippen molar-refractivity contribution in [2.75, 3.05) is 0 Å². The highest BCUT2D eigenvalue weighted by Gasteiger charge is 2.17. The predicted octanol–water partition coefficient (Wildman–Crippen LogP) is 3.20. The number of esters is 1. The van der Waals surface area contributed by atoms with Crippen molar-refractivity contribution in [1.82, 2.24) is 9.78 Å². The Bertz CT molecular complexity index is 636. The Balaban J connectivity index is 2.13. The number of rotatable bonds is 3. The number of halogens is 1. The molecule has 0 atom stereocenters. The lowest BCUT2D eigenvalue weighted by atomic mass is 10.2. The van der Waals surface area contributed by atoms with Crippen LogP contribution in [0, 0.1) is 12.7 Å². The van der Waals surface area contributed by atoms with Gasteiger partial charge in [-0.2, -0.15) is 5.10 Å². The summed E-state index contributed by atoms with van der Waals surface area (Å²) in [6.07, 6.45) is 3.44. The van der Waals surface area contributed by atoms with E-state index in [4.69, 9.17) is 4.74 Å². The lowest BCUT2D eigenvalue weighted by molar-refractivity contribution is -0.153. The summed E-state index contributed by atoms with van der Waals surface area (Å²) in [6.45, 7) is 7.29. The van der Waals surface area contributed by atoms with Crippen LogP contribution in [0.4, 0.5) is 4.39 Å². The number of carbonyl (C=O) groups is 1. The Morgan fingerprint density at radius 3 is 2.67 bits per heavy atom. The highest BCUT2D eigenvalue weighted by atomic mass is 19.1. The molecular formula is C16H19FN2O2. The van der Waals surface area contributed by atoms with Crippen molar-refractivity contribution in [2.24, 2.45) is 0 Å². The van der Waals surface area contributed by atoms with Gasteiger partial charge in [0.1, 0.15) is 11.4 Å². The molecule has 21 heavy (non-hydrogen) atoms. The van der Waals surface area contributed by atoms with E-state index in [-0.39, 0.29) is 18.2 Å². The highest BCUT2D eigenvalue weighted by molar-refractivity contribution is 5.72. The van der Waals surface area contributed by atoms with Crippen LogP contribution in [0.2, 0.25) is 0 Å². The topological polar surface area (TPSA) is 44.1 Å². The number of carbonyl (C=O) groups excluding carboxylic acids is 1. The Morgan fingerprint density at radius 2 is 2.05 bits per heavy atom. The molecule has 0 spiro atoms. The van der Waals surface area contributed by atoms with Crippen molar-refractivity contribution >= 4 is 5.97 Å². The van der Waals surface area contributed by atoms with Crippen molar-refractivity contribution < 1.29 is 13.9 Å². The normalized spacial score (nSPS) is 11.5. The van der Waals surface area contributed by atoms with Crippen LogP contribution in [0.25, 0.3) is 5.69 Å². The molecule has 0 amide bonds. The fourth-order valence-corrected chi connectivity index (χ4v) is 1.99. The molecule has 0 N–H and O–H groups in total. The first-order chi connectivity index (χ1) is 9.73. The SMILES string of the molecule is Cc1cc(F)cc(-n2cc(CC(=O)OC(C)(C)C)cn2)c1. The van der Waals surface area contributed by atoms with Crippen LogP contribution < -0.4 is 0 Å². The van der Waals surface area contributed by atoms with E-state index in [0.29, 0.717) is 5.69 Å². The maximum atomic E-state index is 13.4. The molecule has 0 aliphatic heterocycles. The summed E-state index contributed by atoms with van der Waals surface area (Å²) >= 11 is 0. The first-order valence-electron chi connectivity index (χ1n) is 6.76. The molecule has 5 heteroatoms. The van der Waals surface area contributed by atoms with Crippen molar-refractivity contribution in [1.29, 1.82) is 0 Å². The largest absolute Gasteiger partial charge is 0.460 e. The molecule has 0 saturated heterocycles. The van der Waals surface area contributed by atoms with Gasteiger partial charge in [0.05, 0.1) is 18.3 Å². The zero-order valence-corrected chi connectivity index (χ0v) is 12.7. The van der Waals surface area contributed by atoms with E-state index in [2.05, 4.69) is 5.10 Å². The minimum Gasteiger partial charge on any atom is -0.460 e. The average molecular weight is 290 g/mol. The Labute approximate surface area is 123 Å². The highest BCUT2D eigenvalue weighted by Crippen LogP contribution is 2.14. The van der Waals surface area contributed by atoms with Crippen molar-refractivity contribution in [2.45, 2.75) is 39.7 Å². The molecule has 0 aliphatic carbocycles. The monoisotopic (exact) mass is 290 g/mol. The molecule has 112 valence electrons. The molecule has 4 nitrogen and oxygen atoms in total. The fourth-order valence-electron chi connectivity index (χ4n) is 1.99. The lowest BCUT2D eigenvalue weighted by Gasteiger charge is -2.19. The number of ether oxygens (including phenoxy) is 1. The number of benzene rings is 1. The standard InChI is InChI=1S/C16H19FN2O2/c1-11-5-13(17)8-14(6-11)19-10-12(9-18-19)7-15(20)21-16(2,3)4/h5-6,8-10H,7H2,1-4H3. The lowest BCUT2D eigenvalue weighted by Crippen LogP contribution is -2.24. The van der Waals surface area contributed by atoms with E-state index in [0.717, 1.165) is 11.1 Å². The first kappa shape index (κ1) is 15.2. The minimum absolute atomic E-state index is 0.144. The van der Waals surface area contributed by atoms with Gasteiger partial charge < -0.3 is 4.74 Å². The summed E-state index contributed by atoms with van der Waals surface area (Å²) < 4.78 is 20.2. The van der Waals surface area contributed by atoms with Gasteiger partial charge in [0.2, 0.25) is 0 Å². The molecule has 0 aliphatic rings. The molecule has 0 saturated carbocycles. The van der Waals surface area contributed by atoms with E-state index in [1.54, 1.807) is 17.1 Å². The van der Waals surface area contributed by atoms with Crippen LogP contribution in [0.5, 0.6) is 0 Å². The molecule has 2 rings (SSSR count). The second-order valence-electron chi connectivity index (χ2n) is 6.04. The van der Waals surface area contributed by atoms with Crippen LogP contribution >= 0.6 is 0 Å². The van der Waals surface area contributed by atoms with Crippen LogP contribution in [0.1, 0.15) is 31.9 Å². The maximum absolute atomic E-state index is 13.4. The summed E-state index contributed by atoms with van der Waals surface area (Å²) in [6, 6.07) is 4.68. The van der Waals surface area contributed by atoms with Gasteiger partial charge in [-0.1, -0.05) is 0 Å². The second-order valence-corrected chi connectivity index (χ2v) is 6.04. The molecule has 1 heterocycles. The van der Waals surface area contributed by atoms with Crippen molar-refractivity contribution in [3.8, 4) is 5.69 Å².